The lowest BCUT2D eigenvalue weighted by atomic mass is 10.2. The second-order valence-corrected chi connectivity index (χ2v) is 5.27. The number of benzene rings is 1. The smallest absolute Gasteiger partial charge is 0.284 e. The number of carbonyl (C=O) groups is 1. The molecule has 2 rings (SSSR count). The van der Waals surface area contributed by atoms with Gasteiger partial charge in [-0.15, -0.1) is 0 Å². The second kappa shape index (κ2) is 6.06. The average Bonchev–Trinajstić information content (AvgIpc) is 2.41. The van der Waals surface area contributed by atoms with Crippen LogP contribution in [-0.4, -0.2) is 20.8 Å². The molecule has 0 unspecified atom stereocenters. The Bertz CT molecular complexity index is 676. The molecule has 2 aromatic rings. The van der Waals surface area contributed by atoms with E-state index in [0.717, 1.165) is 0 Å². The summed E-state index contributed by atoms with van der Waals surface area (Å²) >= 11 is 6.18. The zero-order valence-corrected chi connectivity index (χ0v) is 12.9. The Morgan fingerprint density at radius 2 is 2.00 bits per heavy atom. The van der Waals surface area contributed by atoms with E-state index in [1.165, 1.54) is 30.6 Å². The summed E-state index contributed by atoms with van der Waals surface area (Å²) in [6, 6.07) is 4.10. The van der Waals surface area contributed by atoms with Crippen LogP contribution in [-0.2, 0) is 0 Å². The third-order valence-corrected chi connectivity index (χ3v) is 3.35. The van der Waals surface area contributed by atoms with E-state index >= 15 is 0 Å². The first kappa shape index (κ1) is 14.5. The van der Waals surface area contributed by atoms with Crippen LogP contribution in [0.2, 0.25) is 0 Å². The number of hydrogen-bond donors (Lipinski definition) is 1. The fraction of sp³-hybridized carbons (Fsp3) is 0. The van der Waals surface area contributed by atoms with Crippen molar-refractivity contribution in [1.29, 1.82) is 0 Å². The summed E-state index contributed by atoms with van der Waals surface area (Å²) in [6.07, 6.45) is 2.80. The highest BCUT2D eigenvalue weighted by Gasteiger charge is 2.16. The van der Waals surface area contributed by atoms with Crippen LogP contribution in [0.3, 0.4) is 0 Å². The SMILES string of the molecule is O=C(Nc1cnc(Br)cn1)c1ccc(Br)c([N+](=O)[O-])c1. The monoisotopic (exact) mass is 400 g/mol. The third-order valence-electron chi connectivity index (χ3n) is 2.27. The van der Waals surface area contributed by atoms with Gasteiger partial charge in [-0.2, -0.15) is 0 Å². The average molecular weight is 402 g/mol. The van der Waals surface area contributed by atoms with E-state index < -0.39 is 10.8 Å². The first-order valence-electron chi connectivity index (χ1n) is 5.20. The number of nitro groups is 1. The van der Waals surface area contributed by atoms with Crippen molar-refractivity contribution in [3.63, 3.8) is 0 Å². The van der Waals surface area contributed by atoms with Gasteiger partial charge in [-0.1, -0.05) is 0 Å². The summed E-state index contributed by atoms with van der Waals surface area (Å²) < 4.78 is 0.845. The Hall–Kier alpha value is -1.87. The van der Waals surface area contributed by atoms with Gasteiger partial charge in [-0.05, 0) is 44.0 Å². The fourth-order valence-corrected chi connectivity index (χ4v) is 1.96. The Labute approximate surface area is 129 Å². The van der Waals surface area contributed by atoms with Crippen LogP contribution in [0.4, 0.5) is 11.5 Å². The maximum Gasteiger partial charge on any atom is 0.284 e. The summed E-state index contributed by atoms with van der Waals surface area (Å²) in [5.74, 6) is -0.249. The van der Waals surface area contributed by atoms with E-state index in [-0.39, 0.29) is 17.1 Å². The normalized spacial score (nSPS) is 10.1. The number of nitrogens with one attached hydrogen (secondary N) is 1. The molecule has 0 saturated carbocycles. The Morgan fingerprint density at radius 3 is 2.60 bits per heavy atom. The predicted molar refractivity (Wildman–Crippen MR) is 78.5 cm³/mol. The van der Waals surface area contributed by atoms with Gasteiger partial charge >= 0.3 is 0 Å². The van der Waals surface area contributed by atoms with E-state index in [9.17, 15) is 14.9 Å². The molecule has 7 nitrogen and oxygen atoms in total. The fourth-order valence-electron chi connectivity index (χ4n) is 1.36. The van der Waals surface area contributed by atoms with Gasteiger partial charge in [0, 0.05) is 11.6 Å². The summed E-state index contributed by atoms with van der Waals surface area (Å²) in [5.41, 5.74) is -0.0239. The number of rotatable bonds is 3. The highest BCUT2D eigenvalue weighted by Crippen LogP contribution is 2.25. The molecule has 0 fully saturated rings. The number of aromatic nitrogens is 2. The maximum atomic E-state index is 12.0. The van der Waals surface area contributed by atoms with Crippen LogP contribution in [0.1, 0.15) is 10.4 Å². The minimum Gasteiger partial charge on any atom is -0.305 e. The Morgan fingerprint density at radius 1 is 1.25 bits per heavy atom. The molecule has 1 amide bonds. The molecule has 0 aliphatic rings. The largest absolute Gasteiger partial charge is 0.305 e. The molecule has 0 radical (unpaired) electrons. The van der Waals surface area contributed by atoms with E-state index in [1.807, 2.05) is 0 Å². The van der Waals surface area contributed by atoms with Crippen molar-refractivity contribution < 1.29 is 9.72 Å². The summed E-state index contributed by atoms with van der Waals surface area (Å²) in [7, 11) is 0. The lowest BCUT2D eigenvalue weighted by molar-refractivity contribution is -0.385. The lowest BCUT2D eigenvalue weighted by Gasteiger charge is -2.04. The van der Waals surface area contributed by atoms with Crippen LogP contribution in [0.15, 0.2) is 39.7 Å². The van der Waals surface area contributed by atoms with Crippen LogP contribution in [0.25, 0.3) is 0 Å². The molecule has 9 heteroatoms. The molecule has 1 aromatic heterocycles. The van der Waals surface area contributed by atoms with Crippen molar-refractivity contribution >= 4 is 49.3 Å². The number of amides is 1. The highest BCUT2D eigenvalue weighted by atomic mass is 79.9. The lowest BCUT2D eigenvalue weighted by Crippen LogP contribution is -2.13. The predicted octanol–water partition coefficient (Wildman–Crippen LogP) is 3.16. The standard InChI is InChI=1S/C11H6Br2N4O3/c12-7-2-1-6(3-8(7)17(19)20)11(18)16-10-5-14-9(13)4-15-10/h1-5H,(H,15,16,18). The van der Waals surface area contributed by atoms with E-state index in [2.05, 4.69) is 47.1 Å². The molecule has 1 N–H and O–H groups in total. The minimum atomic E-state index is -0.569. The van der Waals surface area contributed by atoms with Crippen molar-refractivity contribution in [3.8, 4) is 0 Å². The molecule has 20 heavy (non-hydrogen) atoms. The Kier molecular flexibility index (Phi) is 4.40. The van der Waals surface area contributed by atoms with Crippen LogP contribution < -0.4 is 5.32 Å². The van der Waals surface area contributed by atoms with Gasteiger partial charge in [-0.3, -0.25) is 14.9 Å². The molecule has 0 aliphatic heterocycles. The highest BCUT2D eigenvalue weighted by molar-refractivity contribution is 9.10. The van der Waals surface area contributed by atoms with Crippen LogP contribution in [0, 0.1) is 10.1 Å². The quantitative estimate of drug-likeness (QED) is 0.629. The number of hydrogen-bond acceptors (Lipinski definition) is 5. The molecule has 0 bridgehead atoms. The molecule has 0 aliphatic carbocycles. The van der Waals surface area contributed by atoms with Gasteiger partial charge in [0.1, 0.15) is 4.60 Å². The number of nitrogens with zero attached hydrogens (tertiary/aromatic N) is 3. The number of anilines is 1. The van der Waals surface area contributed by atoms with Gasteiger partial charge in [0.25, 0.3) is 11.6 Å². The van der Waals surface area contributed by atoms with Crippen molar-refractivity contribution in [1.82, 2.24) is 9.97 Å². The van der Waals surface area contributed by atoms with Crippen molar-refractivity contribution in [2.24, 2.45) is 0 Å². The minimum absolute atomic E-state index is 0.157. The van der Waals surface area contributed by atoms with Gasteiger partial charge in [0.15, 0.2) is 5.82 Å². The number of halogens is 2. The zero-order chi connectivity index (χ0) is 14.7. The van der Waals surface area contributed by atoms with Gasteiger partial charge in [-0.25, -0.2) is 9.97 Å². The van der Waals surface area contributed by atoms with Gasteiger partial charge in [0.2, 0.25) is 0 Å². The summed E-state index contributed by atoms with van der Waals surface area (Å²) in [6.45, 7) is 0. The van der Waals surface area contributed by atoms with E-state index in [1.54, 1.807) is 0 Å². The zero-order valence-electron chi connectivity index (χ0n) is 9.71. The molecular weight excluding hydrogens is 396 g/mol. The molecular formula is C11H6Br2N4O3. The molecule has 0 saturated heterocycles. The van der Waals surface area contributed by atoms with E-state index in [0.29, 0.717) is 9.08 Å². The first-order valence-corrected chi connectivity index (χ1v) is 6.79. The number of carbonyl (C=O) groups excluding carboxylic acids is 1. The van der Waals surface area contributed by atoms with Crippen LogP contribution in [0.5, 0.6) is 0 Å². The molecule has 0 spiro atoms. The van der Waals surface area contributed by atoms with Crippen molar-refractivity contribution in [2.45, 2.75) is 0 Å². The maximum absolute atomic E-state index is 12.0. The second-order valence-electron chi connectivity index (χ2n) is 3.60. The molecule has 0 atom stereocenters. The molecule has 1 aromatic carbocycles. The summed E-state index contributed by atoms with van der Waals surface area (Å²) in [5, 5.41) is 13.3. The first-order chi connectivity index (χ1) is 9.47. The van der Waals surface area contributed by atoms with Crippen molar-refractivity contribution in [3.05, 3.63) is 55.3 Å². The van der Waals surface area contributed by atoms with Crippen molar-refractivity contribution in [2.75, 3.05) is 5.32 Å². The third kappa shape index (κ3) is 3.36. The molecule has 1 heterocycles. The Balaban J connectivity index is 2.23. The van der Waals surface area contributed by atoms with Gasteiger partial charge < -0.3 is 5.32 Å². The van der Waals surface area contributed by atoms with Gasteiger partial charge in [0.05, 0.1) is 21.8 Å². The van der Waals surface area contributed by atoms with E-state index in [4.69, 9.17) is 0 Å². The summed E-state index contributed by atoms with van der Waals surface area (Å²) in [4.78, 5) is 30.0. The topological polar surface area (TPSA) is 98.0 Å². The molecule has 102 valence electrons. The number of nitro benzene ring substituents is 1. The van der Waals surface area contributed by atoms with Crippen LogP contribution >= 0.6 is 31.9 Å².